The van der Waals surface area contributed by atoms with E-state index >= 15 is 0 Å². The molecule has 5 rings (SSSR count). The van der Waals surface area contributed by atoms with Crippen molar-refractivity contribution in [2.45, 2.75) is 33.9 Å². The molecule has 0 amide bonds. The first-order valence-electron chi connectivity index (χ1n) is 10.6. The number of aryl methyl sites for hydroxylation is 2. The Bertz CT molecular complexity index is 1210. The number of allylic oxidation sites excluding steroid dienone is 1. The summed E-state index contributed by atoms with van der Waals surface area (Å²) in [4.78, 5) is 15.3. The molecule has 0 unspecified atom stereocenters. The van der Waals surface area contributed by atoms with Crippen molar-refractivity contribution in [3.63, 3.8) is 0 Å². The zero-order valence-electron chi connectivity index (χ0n) is 18.1. The Morgan fingerprint density at radius 3 is 2.55 bits per heavy atom. The minimum Gasteiger partial charge on any atom is -0.477 e. The molecule has 0 saturated carbocycles. The molecule has 0 saturated heterocycles. The second-order valence-electron chi connectivity index (χ2n) is 8.47. The summed E-state index contributed by atoms with van der Waals surface area (Å²) in [5.41, 5.74) is 7.15. The number of hydrogen-bond donors (Lipinski definition) is 0. The minimum absolute atomic E-state index is 0.0712. The highest BCUT2D eigenvalue weighted by Crippen LogP contribution is 2.43. The van der Waals surface area contributed by atoms with Gasteiger partial charge in [-0.2, -0.15) is 0 Å². The predicted octanol–water partition coefficient (Wildman–Crippen LogP) is 5.58. The Hall–Kier alpha value is -3.37. The van der Waals surface area contributed by atoms with E-state index < -0.39 is 0 Å². The lowest BCUT2D eigenvalue weighted by atomic mass is 9.99. The van der Waals surface area contributed by atoms with Crippen LogP contribution >= 0.6 is 0 Å². The molecule has 2 aliphatic rings. The second kappa shape index (κ2) is 7.71. The third-order valence-electron chi connectivity index (χ3n) is 5.87. The summed E-state index contributed by atoms with van der Waals surface area (Å²) in [6, 6.07) is 18.5. The van der Waals surface area contributed by atoms with Crippen LogP contribution < -0.4 is 9.47 Å². The summed E-state index contributed by atoms with van der Waals surface area (Å²) < 4.78 is 12.1. The standard InChI is InChI=1S/C27H25NO3/c1-17-7-9-20(10-8-17)14-28-15-22-13-23-25(29)24(12-21-6-4-5-18(2)11-21)31-27(23)19(3)26(22)30-16-28/h4-13H,14-16H2,1-3H3/b24-12-. The first kappa shape index (κ1) is 19.6. The van der Waals surface area contributed by atoms with Crippen molar-refractivity contribution >= 4 is 11.9 Å². The van der Waals surface area contributed by atoms with Gasteiger partial charge in [0.15, 0.2) is 5.76 Å². The van der Waals surface area contributed by atoms with E-state index in [4.69, 9.17) is 9.47 Å². The van der Waals surface area contributed by atoms with Crippen LogP contribution in [0.15, 0.2) is 60.4 Å². The van der Waals surface area contributed by atoms with Crippen molar-refractivity contribution in [2.24, 2.45) is 0 Å². The molecule has 4 heteroatoms. The summed E-state index contributed by atoms with van der Waals surface area (Å²) in [5.74, 6) is 1.75. The first-order chi connectivity index (χ1) is 15.0. The van der Waals surface area contributed by atoms with E-state index in [-0.39, 0.29) is 5.78 Å². The zero-order chi connectivity index (χ0) is 21.5. The topological polar surface area (TPSA) is 38.8 Å². The quantitative estimate of drug-likeness (QED) is 0.528. The molecule has 0 fully saturated rings. The molecule has 0 atom stereocenters. The number of carbonyl (C=O) groups is 1. The molecule has 3 aromatic rings. The average Bonchev–Trinajstić information content (AvgIpc) is 3.06. The van der Waals surface area contributed by atoms with Crippen LogP contribution in [0.1, 0.15) is 43.7 Å². The average molecular weight is 412 g/mol. The minimum atomic E-state index is -0.0712. The number of ether oxygens (including phenoxy) is 2. The molecule has 156 valence electrons. The maximum Gasteiger partial charge on any atom is 0.231 e. The van der Waals surface area contributed by atoms with Gasteiger partial charge in [0.2, 0.25) is 5.78 Å². The Morgan fingerprint density at radius 1 is 0.968 bits per heavy atom. The molecule has 2 heterocycles. The monoisotopic (exact) mass is 411 g/mol. The van der Waals surface area contributed by atoms with Crippen molar-refractivity contribution < 1.29 is 14.3 Å². The van der Waals surface area contributed by atoms with E-state index in [1.807, 2.05) is 50.3 Å². The molecule has 0 N–H and O–H groups in total. The van der Waals surface area contributed by atoms with Gasteiger partial charge in [-0.25, -0.2) is 0 Å². The fourth-order valence-electron chi connectivity index (χ4n) is 4.26. The van der Waals surface area contributed by atoms with Gasteiger partial charge in [-0.15, -0.1) is 0 Å². The van der Waals surface area contributed by atoms with Gasteiger partial charge < -0.3 is 9.47 Å². The van der Waals surface area contributed by atoms with Gasteiger partial charge in [-0.1, -0.05) is 59.7 Å². The number of hydrogen-bond acceptors (Lipinski definition) is 4. The van der Waals surface area contributed by atoms with Gasteiger partial charge in [-0.05, 0) is 44.0 Å². The fourth-order valence-corrected chi connectivity index (χ4v) is 4.26. The highest BCUT2D eigenvalue weighted by Gasteiger charge is 2.33. The summed E-state index contributed by atoms with van der Waals surface area (Å²) in [6.45, 7) is 8.15. The van der Waals surface area contributed by atoms with Crippen molar-refractivity contribution in [3.05, 3.63) is 99.3 Å². The molecule has 31 heavy (non-hydrogen) atoms. The van der Waals surface area contributed by atoms with Crippen molar-refractivity contribution in [1.29, 1.82) is 0 Å². The maximum atomic E-state index is 13.1. The SMILES string of the molecule is Cc1ccc(CN2COc3c(cc4c(c3C)O/C(=C\c3cccc(C)c3)C4=O)C2)cc1. The largest absolute Gasteiger partial charge is 0.477 e. The van der Waals surface area contributed by atoms with Crippen molar-refractivity contribution in [3.8, 4) is 11.5 Å². The molecule has 2 aliphatic heterocycles. The molecular weight excluding hydrogens is 386 g/mol. The molecule has 0 aliphatic carbocycles. The molecule has 3 aromatic carbocycles. The van der Waals surface area contributed by atoms with Gasteiger partial charge in [0.25, 0.3) is 0 Å². The van der Waals surface area contributed by atoms with Gasteiger partial charge >= 0.3 is 0 Å². The van der Waals surface area contributed by atoms with E-state index in [0.29, 0.717) is 23.8 Å². The maximum absolute atomic E-state index is 13.1. The number of rotatable bonds is 3. The fraction of sp³-hybridized carbons (Fsp3) is 0.222. The number of Topliss-reactive ketones (excluding diaryl/α,β-unsaturated/α-hetero) is 1. The Morgan fingerprint density at radius 2 is 1.77 bits per heavy atom. The molecular formula is C27H25NO3. The van der Waals surface area contributed by atoms with Crippen LogP contribution in [0.25, 0.3) is 6.08 Å². The summed E-state index contributed by atoms with van der Waals surface area (Å²) >= 11 is 0. The molecule has 0 aromatic heterocycles. The number of carbonyl (C=O) groups excluding carboxylic acids is 1. The van der Waals surface area contributed by atoms with Crippen LogP contribution in [0.3, 0.4) is 0 Å². The van der Waals surface area contributed by atoms with Gasteiger partial charge in [0.05, 0.1) is 5.56 Å². The summed E-state index contributed by atoms with van der Waals surface area (Å²) in [6.07, 6.45) is 1.82. The molecule has 4 nitrogen and oxygen atoms in total. The van der Waals surface area contributed by atoms with E-state index in [9.17, 15) is 4.79 Å². The van der Waals surface area contributed by atoms with Gasteiger partial charge in [0, 0.05) is 24.2 Å². The van der Waals surface area contributed by atoms with E-state index in [1.54, 1.807) is 0 Å². The number of ketones is 1. The van der Waals surface area contributed by atoms with E-state index in [0.717, 1.165) is 41.1 Å². The number of nitrogens with zero attached hydrogens (tertiary/aromatic N) is 1. The Labute approximate surface area is 182 Å². The lowest BCUT2D eigenvalue weighted by molar-refractivity contribution is 0.0876. The predicted molar refractivity (Wildman–Crippen MR) is 121 cm³/mol. The summed E-state index contributed by atoms with van der Waals surface area (Å²) in [5, 5.41) is 0. The van der Waals surface area contributed by atoms with Gasteiger partial charge in [-0.3, -0.25) is 9.69 Å². The lowest BCUT2D eigenvalue weighted by Gasteiger charge is -2.30. The third-order valence-corrected chi connectivity index (χ3v) is 5.87. The first-order valence-corrected chi connectivity index (χ1v) is 10.6. The third kappa shape index (κ3) is 3.75. The molecule has 0 bridgehead atoms. The smallest absolute Gasteiger partial charge is 0.231 e. The zero-order valence-corrected chi connectivity index (χ0v) is 18.1. The Balaban J connectivity index is 1.42. The molecule has 0 radical (unpaired) electrons. The number of benzene rings is 3. The summed E-state index contributed by atoms with van der Waals surface area (Å²) in [7, 11) is 0. The molecule has 0 spiro atoms. The van der Waals surface area contributed by atoms with Crippen LogP contribution in [0.4, 0.5) is 0 Å². The normalized spacial score (nSPS) is 16.6. The Kier molecular flexibility index (Phi) is 4.87. The van der Waals surface area contributed by atoms with Crippen molar-refractivity contribution in [2.75, 3.05) is 6.73 Å². The van der Waals surface area contributed by atoms with Gasteiger partial charge in [0.1, 0.15) is 18.2 Å². The van der Waals surface area contributed by atoms with E-state index in [2.05, 4.69) is 36.1 Å². The van der Waals surface area contributed by atoms with Crippen LogP contribution in [-0.4, -0.2) is 17.4 Å². The van der Waals surface area contributed by atoms with E-state index in [1.165, 1.54) is 11.1 Å². The van der Waals surface area contributed by atoms with Crippen LogP contribution in [-0.2, 0) is 13.1 Å². The van der Waals surface area contributed by atoms with Crippen LogP contribution in [0, 0.1) is 20.8 Å². The second-order valence-corrected chi connectivity index (χ2v) is 8.47. The van der Waals surface area contributed by atoms with Crippen molar-refractivity contribution in [1.82, 2.24) is 4.90 Å². The lowest BCUT2D eigenvalue weighted by Crippen LogP contribution is -2.32. The van der Waals surface area contributed by atoms with Crippen LogP contribution in [0.2, 0.25) is 0 Å². The number of fused-ring (bicyclic) bond motifs is 2. The highest BCUT2D eigenvalue weighted by molar-refractivity contribution is 6.15. The highest BCUT2D eigenvalue weighted by atomic mass is 16.5. The van der Waals surface area contributed by atoms with Crippen LogP contribution in [0.5, 0.6) is 11.5 Å².